The third kappa shape index (κ3) is 2.09. The van der Waals surface area contributed by atoms with Crippen LogP contribution in [0.3, 0.4) is 0 Å². The van der Waals surface area contributed by atoms with Crippen molar-refractivity contribution in [3.8, 4) is 0 Å². The van der Waals surface area contributed by atoms with Crippen molar-refractivity contribution in [3.63, 3.8) is 0 Å². The molecule has 1 atom stereocenters. The van der Waals surface area contributed by atoms with Gasteiger partial charge in [0.1, 0.15) is 5.76 Å². The lowest BCUT2D eigenvalue weighted by Gasteiger charge is -2.11. The van der Waals surface area contributed by atoms with Gasteiger partial charge in [0.05, 0.1) is 12.3 Å². The number of hydrogen-bond donors (Lipinski definition) is 1. The third-order valence-electron chi connectivity index (χ3n) is 1.81. The van der Waals surface area contributed by atoms with E-state index in [2.05, 4.69) is 12.2 Å². The molecule has 62 valence electrons. The van der Waals surface area contributed by atoms with Crippen molar-refractivity contribution in [3.05, 3.63) is 24.2 Å². The van der Waals surface area contributed by atoms with E-state index in [1.165, 1.54) is 6.42 Å². The zero-order valence-corrected chi connectivity index (χ0v) is 7.13. The highest BCUT2D eigenvalue weighted by molar-refractivity contribution is 5.03. The van der Waals surface area contributed by atoms with Crippen molar-refractivity contribution in [2.75, 3.05) is 7.05 Å². The van der Waals surface area contributed by atoms with Crippen LogP contribution in [0.2, 0.25) is 0 Å². The first-order valence-corrected chi connectivity index (χ1v) is 4.09. The molecule has 1 rings (SSSR count). The number of furan rings is 1. The van der Waals surface area contributed by atoms with Crippen LogP contribution in [0.15, 0.2) is 22.8 Å². The molecule has 1 unspecified atom stereocenters. The molecule has 1 aromatic rings. The maximum atomic E-state index is 5.28. The molecule has 1 N–H and O–H groups in total. The summed E-state index contributed by atoms with van der Waals surface area (Å²) in [5.74, 6) is 1.04. The van der Waals surface area contributed by atoms with Gasteiger partial charge in [-0.25, -0.2) is 0 Å². The summed E-state index contributed by atoms with van der Waals surface area (Å²) in [6.07, 6.45) is 4.02. The molecular formula is C9H15NO. The Hall–Kier alpha value is -0.760. The van der Waals surface area contributed by atoms with Crippen LogP contribution in [-0.4, -0.2) is 7.05 Å². The molecule has 0 radical (unpaired) electrons. The number of nitrogens with one attached hydrogen (secondary N) is 1. The third-order valence-corrected chi connectivity index (χ3v) is 1.81. The smallest absolute Gasteiger partial charge is 0.120 e. The van der Waals surface area contributed by atoms with Gasteiger partial charge in [-0.3, -0.25) is 0 Å². The first-order valence-electron chi connectivity index (χ1n) is 4.09. The Kier molecular flexibility index (Phi) is 3.17. The van der Waals surface area contributed by atoms with Crippen LogP contribution >= 0.6 is 0 Å². The molecular weight excluding hydrogens is 138 g/mol. The largest absolute Gasteiger partial charge is 0.468 e. The molecule has 0 bridgehead atoms. The Labute approximate surface area is 67.6 Å². The normalized spacial score (nSPS) is 13.3. The molecule has 0 amide bonds. The zero-order chi connectivity index (χ0) is 8.10. The second-order valence-corrected chi connectivity index (χ2v) is 2.65. The van der Waals surface area contributed by atoms with Crippen molar-refractivity contribution < 1.29 is 4.42 Å². The van der Waals surface area contributed by atoms with Crippen LogP contribution in [-0.2, 0) is 0 Å². The molecule has 0 aliphatic rings. The fourth-order valence-electron chi connectivity index (χ4n) is 1.21. The molecule has 0 saturated heterocycles. The van der Waals surface area contributed by atoms with E-state index in [4.69, 9.17) is 4.42 Å². The van der Waals surface area contributed by atoms with Gasteiger partial charge in [0.2, 0.25) is 0 Å². The van der Waals surface area contributed by atoms with Gasteiger partial charge in [0.25, 0.3) is 0 Å². The standard InChI is InChI=1S/C9H15NO/c1-3-5-8(10-2)9-6-4-7-11-9/h4,6-8,10H,3,5H2,1-2H3. The molecule has 2 heteroatoms. The minimum absolute atomic E-state index is 0.384. The highest BCUT2D eigenvalue weighted by atomic mass is 16.3. The summed E-state index contributed by atoms with van der Waals surface area (Å²) in [6, 6.07) is 4.32. The van der Waals surface area contributed by atoms with Gasteiger partial charge in [0, 0.05) is 0 Å². The molecule has 1 heterocycles. The quantitative estimate of drug-likeness (QED) is 0.718. The summed E-state index contributed by atoms with van der Waals surface area (Å²) in [6.45, 7) is 2.17. The average molecular weight is 153 g/mol. The molecule has 0 aromatic carbocycles. The van der Waals surface area contributed by atoms with Crippen molar-refractivity contribution in [1.82, 2.24) is 5.32 Å². The van der Waals surface area contributed by atoms with E-state index in [-0.39, 0.29) is 0 Å². The summed E-state index contributed by atoms with van der Waals surface area (Å²) < 4.78 is 5.28. The lowest BCUT2D eigenvalue weighted by molar-refractivity contribution is 0.412. The lowest BCUT2D eigenvalue weighted by Crippen LogP contribution is -2.14. The molecule has 1 aromatic heterocycles. The van der Waals surface area contributed by atoms with Crippen LogP contribution in [0.1, 0.15) is 31.6 Å². The SMILES string of the molecule is CCCC(NC)c1ccco1. The summed E-state index contributed by atoms with van der Waals surface area (Å²) in [5, 5.41) is 3.21. The van der Waals surface area contributed by atoms with E-state index < -0.39 is 0 Å². The fourth-order valence-corrected chi connectivity index (χ4v) is 1.21. The molecule has 11 heavy (non-hydrogen) atoms. The van der Waals surface area contributed by atoms with Gasteiger partial charge < -0.3 is 9.73 Å². The summed E-state index contributed by atoms with van der Waals surface area (Å²) in [7, 11) is 1.96. The minimum atomic E-state index is 0.384. The highest BCUT2D eigenvalue weighted by Crippen LogP contribution is 2.17. The summed E-state index contributed by atoms with van der Waals surface area (Å²) in [4.78, 5) is 0. The van der Waals surface area contributed by atoms with Crippen LogP contribution in [0.4, 0.5) is 0 Å². The molecule has 0 spiro atoms. The Morgan fingerprint density at radius 1 is 1.64 bits per heavy atom. The van der Waals surface area contributed by atoms with Crippen molar-refractivity contribution in [2.45, 2.75) is 25.8 Å². The van der Waals surface area contributed by atoms with Crippen LogP contribution in [0.25, 0.3) is 0 Å². The Balaban J connectivity index is 2.56. The maximum absolute atomic E-state index is 5.28. The van der Waals surface area contributed by atoms with Crippen LogP contribution < -0.4 is 5.32 Å². The fraction of sp³-hybridized carbons (Fsp3) is 0.556. The average Bonchev–Trinajstić information content (AvgIpc) is 2.52. The predicted molar refractivity (Wildman–Crippen MR) is 45.4 cm³/mol. The lowest BCUT2D eigenvalue weighted by atomic mass is 10.1. The van der Waals surface area contributed by atoms with E-state index in [9.17, 15) is 0 Å². The molecule has 0 aliphatic heterocycles. The second kappa shape index (κ2) is 4.19. The molecule has 2 nitrogen and oxygen atoms in total. The van der Waals surface area contributed by atoms with Crippen LogP contribution in [0.5, 0.6) is 0 Å². The van der Waals surface area contributed by atoms with Crippen LogP contribution in [0, 0.1) is 0 Å². The first kappa shape index (κ1) is 8.34. The summed E-state index contributed by atoms with van der Waals surface area (Å²) in [5.41, 5.74) is 0. The van der Waals surface area contributed by atoms with E-state index in [1.54, 1.807) is 6.26 Å². The first-order chi connectivity index (χ1) is 5.38. The number of rotatable bonds is 4. The Bertz CT molecular complexity index is 181. The number of hydrogen-bond acceptors (Lipinski definition) is 2. The molecule has 0 aliphatic carbocycles. The summed E-state index contributed by atoms with van der Waals surface area (Å²) >= 11 is 0. The Morgan fingerprint density at radius 3 is 2.91 bits per heavy atom. The minimum Gasteiger partial charge on any atom is -0.468 e. The predicted octanol–water partition coefficient (Wildman–Crippen LogP) is 2.34. The van der Waals surface area contributed by atoms with Gasteiger partial charge in [-0.15, -0.1) is 0 Å². The van der Waals surface area contributed by atoms with E-state index in [0.717, 1.165) is 12.2 Å². The second-order valence-electron chi connectivity index (χ2n) is 2.65. The Morgan fingerprint density at radius 2 is 2.45 bits per heavy atom. The van der Waals surface area contributed by atoms with E-state index in [1.807, 2.05) is 19.2 Å². The van der Waals surface area contributed by atoms with Crippen molar-refractivity contribution in [2.24, 2.45) is 0 Å². The van der Waals surface area contributed by atoms with Gasteiger partial charge in [-0.05, 0) is 25.6 Å². The van der Waals surface area contributed by atoms with Crippen molar-refractivity contribution in [1.29, 1.82) is 0 Å². The van der Waals surface area contributed by atoms with Crippen molar-refractivity contribution >= 4 is 0 Å². The van der Waals surface area contributed by atoms with Gasteiger partial charge >= 0.3 is 0 Å². The van der Waals surface area contributed by atoms with Gasteiger partial charge in [-0.1, -0.05) is 13.3 Å². The monoisotopic (exact) mass is 153 g/mol. The molecule has 0 fully saturated rings. The molecule has 0 saturated carbocycles. The zero-order valence-electron chi connectivity index (χ0n) is 7.13. The van der Waals surface area contributed by atoms with Gasteiger partial charge in [0.15, 0.2) is 0 Å². The highest BCUT2D eigenvalue weighted by Gasteiger charge is 2.09. The topological polar surface area (TPSA) is 25.2 Å². The maximum Gasteiger partial charge on any atom is 0.120 e. The van der Waals surface area contributed by atoms with E-state index >= 15 is 0 Å². The van der Waals surface area contributed by atoms with E-state index in [0.29, 0.717) is 6.04 Å². The van der Waals surface area contributed by atoms with Gasteiger partial charge in [-0.2, -0.15) is 0 Å².